The van der Waals surface area contributed by atoms with Gasteiger partial charge in [-0.25, -0.2) is 0 Å². The maximum atomic E-state index is 10.8. The summed E-state index contributed by atoms with van der Waals surface area (Å²) >= 11 is 0. The van der Waals surface area contributed by atoms with Gasteiger partial charge in [0.05, 0.1) is 5.48 Å². The van der Waals surface area contributed by atoms with Crippen LogP contribution in [0, 0.1) is 0 Å². The van der Waals surface area contributed by atoms with E-state index in [0.29, 0.717) is 0 Å². The van der Waals surface area contributed by atoms with Crippen LogP contribution in [-0.4, -0.2) is 11.0 Å². The summed E-state index contributed by atoms with van der Waals surface area (Å²) in [5, 5.41) is 11.4. The number of carbonyl (C=O) groups excluding carboxylic acids is 1. The van der Waals surface area contributed by atoms with Gasteiger partial charge in [-0.15, -0.1) is 0 Å². The Morgan fingerprint density at radius 1 is 1.55 bits per heavy atom. The largest absolute Gasteiger partial charge is 0.508 e. The van der Waals surface area contributed by atoms with Gasteiger partial charge in [0.25, 0.3) is 0 Å². The third-order valence-corrected chi connectivity index (χ3v) is 0.913. The monoisotopic (exact) mass is 159 g/mol. The Kier molecular flexibility index (Phi) is 1.04. The van der Waals surface area contributed by atoms with E-state index in [1.807, 2.05) is 0 Å². The normalized spacial score (nSPS) is 14.3. The van der Waals surface area contributed by atoms with E-state index in [1.165, 1.54) is 6.92 Å². The number of nitrogens with one attached hydrogen (secondary N) is 1. The Labute approximate surface area is 70.3 Å². The molecule has 0 aliphatic carbocycles. The highest BCUT2D eigenvalue weighted by atomic mass is 16.3. The zero-order valence-corrected chi connectivity index (χ0v) is 5.86. The van der Waals surface area contributed by atoms with Crippen molar-refractivity contribution in [2.75, 3.05) is 5.32 Å². The molecule has 0 fully saturated rings. The molecule has 0 bridgehead atoms. The molecule has 0 saturated carbocycles. The molecule has 0 aliphatic heterocycles. The van der Waals surface area contributed by atoms with E-state index in [1.54, 1.807) is 0 Å². The van der Waals surface area contributed by atoms with Crippen molar-refractivity contribution in [2.45, 2.75) is 6.92 Å². The molecule has 0 atom stereocenters. The summed E-state index contributed by atoms with van der Waals surface area (Å²) in [5.74, 6) is -1.22. The quantitative estimate of drug-likeness (QED) is 0.608. The van der Waals surface area contributed by atoms with Crippen LogP contribution in [0.4, 0.5) is 5.69 Å². The highest BCUT2D eigenvalue weighted by Crippen LogP contribution is 2.13. The van der Waals surface area contributed by atoms with E-state index in [4.69, 9.17) is 5.48 Å². The SMILES string of the molecule is [3H]c1c([3H])c(NC(C)=O)c([3H])c([3H])c1O. The molecule has 3 heteroatoms. The minimum atomic E-state index is -0.723. The summed E-state index contributed by atoms with van der Waals surface area (Å²) in [6.45, 7) is 1.19. The molecule has 58 valence electrons. The summed E-state index contributed by atoms with van der Waals surface area (Å²) in [5.41, 5.74) is -0.227. The predicted octanol–water partition coefficient (Wildman–Crippen LogP) is 1.35. The molecule has 0 heterocycles. The second kappa shape index (κ2) is 3.05. The number of anilines is 1. The minimum absolute atomic E-state index is 0.227. The Balaban J connectivity index is 3.45. The second-order valence-corrected chi connectivity index (χ2v) is 1.90. The van der Waals surface area contributed by atoms with Crippen LogP contribution in [0.15, 0.2) is 24.2 Å². The summed E-state index contributed by atoms with van der Waals surface area (Å²) < 4.78 is 29.4. The standard InChI is InChI=1S/C8H9NO2/c1-6(10)9-7-2-4-8(11)5-3-7/h2-5,11H,1H3,(H,9,10)/i2T,3T,4T,5T. The molecule has 0 unspecified atom stereocenters. The van der Waals surface area contributed by atoms with E-state index in [0.717, 1.165) is 0 Å². The molecule has 1 aromatic rings. The third-order valence-electron chi connectivity index (χ3n) is 0.913. The van der Waals surface area contributed by atoms with E-state index in [2.05, 4.69) is 5.32 Å². The number of benzene rings is 1. The third kappa shape index (κ3) is 2.29. The van der Waals surface area contributed by atoms with Gasteiger partial charge in [0.1, 0.15) is 5.75 Å². The lowest BCUT2D eigenvalue weighted by atomic mass is 10.3. The number of aromatic hydroxyl groups is 1. The van der Waals surface area contributed by atoms with Crippen LogP contribution in [0.25, 0.3) is 0 Å². The average molecular weight is 159 g/mol. The highest BCUT2D eigenvalue weighted by Gasteiger charge is 1.93. The molecule has 0 saturated heterocycles. The number of amides is 1. The predicted molar refractivity (Wildman–Crippen MR) is 42.4 cm³/mol. The van der Waals surface area contributed by atoms with Gasteiger partial charge in [0.15, 0.2) is 0 Å². The number of hydrogen-bond donors (Lipinski definition) is 2. The van der Waals surface area contributed by atoms with Crippen molar-refractivity contribution < 1.29 is 15.4 Å². The van der Waals surface area contributed by atoms with Crippen molar-refractivity contribution in [1.82, 2.24) is 0 Å². The molecular formula is C8H9NO2. The summed E-state index contributed by atoms with van der Waals surface area (Å²) in [6.07, 6.45) is 0. The number of hydrogen-bond acceptors (Lipinski definition) is 2. The van der Waals surface area contributed by atoms with E-state index >= 15 is 0 Å². The molecule has 11 heavy (non-hydrogen) atoms. The smallest absolute Gasteiger partial charge is 0.221 e. The van der Waals surface area contributed by atoms with Crippen LogP contribution in [0.3, 0.4) is 0 Å². The Morgan fingerprint density at radius 2 is 2.09 bits per heavy atom. The van der Waals surface area contributed by atoms with E-state index in [-0.39, 0.29) is 5.69 Å². The molecule has 0 aromatic heterocycles. The topological polar surface area (TPSA) is 49.3 Å². The lowest BCUT2D eigenvalue weighted by molar-refractivity contribution is -0.114. The Bertz CT molecular complexity index is 404. The van der Waals surface area contributed by atoms with Gasteiger partial charge in [-0.3, -0.25) is 4.79 Å². The number of phenolic OH excluding ortho intramolecular Hbond substituents is 1. The molecule has 0 radical (unpaired) electrons. The van der Waals surface area contributed by atoms with Crippen LogP contribution in [0.1, 0.15) is 12.4 Å². The van der Waals surface area contributed by atoms with Gasteiger partial charge in [0, 0.05) is 12.6 Å². The van der Waals surface area contributed by atoms with Crippen molar-refractivity contribution in [2.24, 2.45) is 0 Å². The zero-order valence-electron chi connectivity index (χ0n) is 9.86. The maximum Gasteiger partial charge on any atom is 0.221 e. The average Bonchev–Trinajstić information content (AvgIpc) is 2.18. The van der Waals surface area contributed by atoms with Crippen LogP contribution in [0.5, 0.6) is 5.75 Å². The van der Waals surface area contributed by atoms with Crippen LogP contribution >= 0.6 is 0 Å². The first-order chi connectivity index (χ1) is 6.86. The zero-order chi connectivity index (χ0) is 11.7. The van der Waals surface area contributed by atoms with Gasteiger partial charge >= 0.3 is 0 Å². The first kappa shape index (κ1) is 3.76. The Hall–Kier alpha value is -1.51. The second-order valence-electron chi connectivity index (χ2n) is 1.90. The van der Waals surface area contributed by atoms with E-state index in [9.17, 15) is 9.90 Å². The molecular weight excluding hydrogens is 142 g/mol. The Morgan fingerprint density at radius 3 is 2.55 bits per heavy atom. The molecule has 0 aliphatic rings. The van der Waals surface area contributed by atoms with E-state index < -0.39 is 35.8 Å². The fourth-order valence-corrected chi connectivity index (χ4v) is 0.544. The van der Waals surface area contributed by atoms with Crippen molar-refractivity contribution >= 4 is 11.6 Å². The van der Waals surface area contributed by atoms with Crippen LogP contribution < -0.4 is 5.32 Å². The lowest BCUT2D eigenvalue weighted by Crippen LogP contribution is -2.04. The molecule has 3 nitrogen and oxygen atoms in total. The van der Waals surface area contributed by atoms with Crippen molar-refractivity contribution in [3.8, 4) is 5.75 Å². The van der Waals surface area contributed by atoms with Gasteiger partial charge in [-0.1, -0.05) is 0 Å². The molecule has 1 aromatic carbocycles. The van der Waals surface area contributed by atoms with Gasteiger partial charge < -0.3 is 10.4 Å². The summed E-state index contributed by atoms with van der Waals surface area (Å²) in [4.78, 5) is 10.8. The van der Waals surface area contributed by atoms with Crippen molar-refractivity contribution in [3.63, 3.8) is 0 Å². The van der Waals surface area contributed by atoms with Gasteiger partial charge in [-0.2, -0.15) is 0 Å². The fraction of sp³-hybridized carbons (Fsp3) is 0.125. The number of carbonyl (C=O) groups is 1. The lowest BCUT2D eigenvalue weighted by Gasteiger charge is -1.99. The molecule has 1 amide bonds. The highest BCUT2D eigenvalue weighted by molar-refractivity contribution is 5.88. The van der Waals surface area contributed by atoms with Crippen molar-refractivity contribution in [3.05, 3.63) is 24.2 Å². The van der Waals surface area contributed by atoms with Gasteiger partial charge in [0.2, 0.25) is 5.91 Å². The first-order valence-electron chi connectivity index (χ1n) is 4.93. The molecule has 0 spiro atoms. The number of phenols is 1. The minimum Gasteiger partial charge on any atom is -0.508 e. The van der Waals surface area contributed by atoms with Crippen molar-refractivity contribution in [1.29, 1.82) is 0 Å². The summed E-state index contributed by atoms with van der Waals surface area (Å²) in [6, 6.07) is -2.08. The van der Waals surface area contributed by atoms with Crippen LogP contribution in [-0.2, 0) is 4.79 Å². The maximum absolute atomic E-state index is 10.8. The first-order valence-corrected chi connectivity index (χ1v) is 2.93. The fourth-order valence-electron chi connectivity index (χ4n) is 0.544. The molecule has 1 rings (SSSR count). The van der Waals surface area contributed by atoms with Crippen LogP contribution in [0.2, 0.25) is 0 Å². The summed E-state index contributed by atoms with van der Waals surface area (Å²) in [7, 11) is 0. The van der Waals surface area contributed by atoms with Gasteiger partial charge in [-0.05, 0) is 24.2 Å². The number of rotatable bonds is 1. The molecule has 2 N–H and O–H groups in total.